The van der Waals surface area contributed by atoms with Crippen LogP contribution in [0.25, 0.3) is 0 Å². The summed E-state index contributed by atoms with van der Waals surface area (Å²) in [6.45, 7) is 3.50. The van der Waals surface area contributed by atoms with Crippen LogP contribution in [0.1, 0.15) is 15.9 Å². The summed E-state index contributed by atoms with van der Waals surface area (Å²) < 4.78 is 0. The van der Waals surface area contributed by atoms with Gasteiger partial charge < -0.3 is 15.1 Å². The summed E-state index contributed by atoms with van der Waals surface area (Å²) in [6, 6.07) is 16.5. The maximum atomic E-state index is 11.5. The number of hydrogen-bond donors (Lipinski definition) is 1. The molecule has 0 radical (unpaired) electrons. The minimum Gasteiger partial charge on any atom is -0.375 e. The van der Waals surface area contributed by atoms with Crippen LogP contribution < -0.4 is 15.1 Å². The average molecular weight is 417 g/mol. The van der Waals surface area contributed by atoms with Gasteiger partial charge in [-0.15, -0.1) is 0 Å². The predicted molar refractivity (Wildman–Crippen MR) is 121 cm³/mol. The second kappa shape index (κ2) is 9.25. The number of nitrogens with zero attached hydrogens (tertiary/aromatic N) is 4. The number of anilines is 3. The van der Waals surface area contributed by atoms with Crippen molar-refractivity contribution in [2.75, 3.05) is 41.3 Å². The molecule has 8 heteroatoms. The smallest absolute Gasteiger partial charge is 0.292 e. The van der Waals surface area contributed by atoms with Gasteiger partial charge in [-0.25, -0.2) is 0 Å². The van der Waals surface area contributed by atoms with Gasteiger partial charge in [0.05, 0.1) is 4.92 Å². The van der Waals surface area contributed by atoms with E-state index in [4.69, 9.17) is 0 Å². The number of carbonyl (C=O) groups is 1. The first kappa shape index (κ1) is 20.3. The van der Waals surface area contributed by atoms with Crippen molar-refractivity contribution < 1.29 is 9.72 Å². The van der Waals surface area contributed by atoms with Gasteiger partial charge in [0.15, 0.2) is 6.29 Å². The Hall–Kier alpha value is -3.94. The molecule has 0 saturated carbocycles. The highest BCUT2D eigenvalue weighted by Crippen LogP contribution is 2.31. The van der Waals surface area contributed by atoms with Crippen molar-refractivity contribution in [3.8, 4) is 0 Å². The number of para-hydroxylation sites is 1. The number of benzene rings is 2. The molecule has 1 aliphatic heterocycles. The van der Waals surface area contributed by atoms with Crippen molar-refractivity contribution in [2.45, 2.75) is 6.54 Å². The van der Waals surface area contributed by atoms with Gasteiger partial charge in [-0.1, -0.05) is 18.2 Å². The molecule has 0 amide bonds. The molecule has 3 aromatic rings. The Bertz CT molecular complexity index is 1070. The van der Waals surface area contributed by atoms with Crippen molar-refractivity contribution in [3.63, 3.8) is 0 Å². The van der Waals surface area contributed by atoms with Crippen LogP contribution in [0.3, 0.4) is 0 Å². The van der Waals surface area contributed by atoms with E-state index in [9.17, 15) is 14.9 Å². The second-order valence-corrected chi connectivity index (χ2v) is 7.32. The van der Waals surface area contributed by atoms with E-state index < -0.39 is 0 Å². The summed E-state index contributed by atoms with van der Waals surface area (Å²) in [5, 5.41) is 14.7. The molecule has 1 aromatic heterocycles. The number of rotatable bonds is 7. The molecule has 1 saturated heterocycles. The zero-order valence-corrected chi connectivity index (χ0v) is 17.0. The molecule has 2 heterocycles. The van der Waals surface area contributed by atoms with Crippen LogP contribution >= 0.6 is 0 Å². The van der Waals surface area contributed by atoms with E-state index in [0.717, 1.165) is 49.4 Å². The van der Waals surface area contributed by atoms with Gasteiger partial charge in [-0.3, -0.25) is 19.9 Å². The van der Waals surface area contributed by atoms with E-state index in [-0.39, 0.29) is 10.6 Å². The van der Waals surface area contributed by atoms with Crippen LogP contribution in [0.2, 0.25) is 0 Å². The summed E-state index contributed by atoms with van der Waals surface area (Å²) in [6.07, 6.45) is 4.32. The van der Waals surface area contributed by atoms with Crippen molar-refractivity contribution in [1.29, 1.82) is 0 Å². The highest BCUT2D eigenvalue weighted by atomic mass is 16.6. The van der Waals surface area contributed by atoms with Crippen LogP contribution in [-0.2, 0) is 6.54 Å². The lowest BCUT2D eigenvalue weighted by Gasteiger charge is -2.38. The fourth-order valence-electron chi connectivity index (χ4n) is 3.80. The Balaban J connectivity index is 1.48. The third-order valence-corrected chi connectivity index (χ3v) is 5.43. The van der Waals surface area contributed by atoms with Crippen LogP contribution in [0.15, 0.2) is 67.0 Å². The number of hydrogen-bond acceptors (Lipinski definition) is 7. The first-order valence-electron chi connectivity index (χ1n) is 10.1. The van der Waals surface area contributed by atoms with Crippen molar-refractivity contribution in [2.24, 2.45) is 0 Å². The van der Waals surface area contributed by atoms with E-state index >= 15 is 0 Å². The van der Waals surface area contributed by atoms with E-state index in [0.29, 0.717) is 17.8 Å². The molecule has 0 unspecified atom stereocenters. The zero-order valence-electron chi connectivity index (χ0n) is 17.0. The fourth-order valence-corrected chi connectivity index (χ4v) is 3.80. The third kappa shape index (κ3) is 4.63. The Morgan fingerprint density at radius 3 is 2.52 bits per heavy atom. The lowest BCUT2D eigenvalue weighted by Crippen LogP contribution is -2.46. The highest BCUT2D eigenvalue weighted by Gasteiger charge is 2.21. The Labute approximate surface area is 180 Å². The summed E-state index contributed by atoms with van der Waals surface area (Å²) in [5.74, 6) is 0. The number of aldehydes is 1. The molecule has 0 aliphatic carbocycles. The molecule has 0 atom stereocenters. The summed E-state index contributed by atoms with van der Waals surface area (Å²) in [4.78, 5) is 30.9. The van der Waals surface area contributed by atoms with Crippen molar-refractivity contribution >= 4 is 29.0 Å². The summed E-state index contributed by atoms with van der Waals surface area (Å²) >= 11 is 0. The minimum absolute atomic E-state index is 0.0474. The quantitative estimate of drug-likeness (QED) is 0.356. The Morgan fingerprint density at radius 1 is 1.03 bits per heavy atom. The monoisotopic (exact) mass is 417 g/mol. The molecule has 0 bridgehead atoms. The predicted octanol–water partition coefficient (Wildman–Crippen LogP) is 3.74. The summed E-state index contributed by atoms with van der Waals surface area (Å²) in [5.41, 5.74) is 4.05. The number of nitro benzene ring substituents is 1. The number of piperazine rings is 1. The van der Waals surface area contributed by atoms with E-state index in [1.807, 2.05) is 42.5 Å². The molecule has 1 fully saturated rings. The number of nitrogens with one attached hydrogen (secondary N) is 1. The summed E-state index contributed by atoms with van der Waals surface area (Å²) in [7, 11) is 0. The Morgan fingerprint density at radius 2 is 1.81 bits per heavy atom. The zero-order chi connectivity index (χ0) is 21.6. The molecular weight excluding hydrogens is 394 g/mol. The van der Waals surface area contributed by atoms with Gasteiger partial charge in [0, 0.05) is 68.1 Å². The molecule has 2 aromatic carbocycles. The molecular formula is C23H23N5O3. The highest BCUT2D eigenvalue weighted by molar-refractivity contribution is 5.84. The van der Waals surface area contributed by atoms with Crippen LogP contribution in [0.5, 0.6) is 0 Å². The lowest BCUT2D eigenvalue weighted by molar-refractivity contribution is -0.384. The van der Waals surface area contributed by atoms with Gasteiger partial charge in [0.25, 0.3) is 5.69 Å². The van der Waals surface area contributed by atoms with Gasteiger partial charge in [-0.2, -0.15) is 0 Å². The normalized spacial score (nSPS) is 13.7. The van der Waals surface area contributed by atoms with Gasteiger partial charge in [-0.05, 0) is 35.9 Å². The standard InChI is InChI=1S/C23H23N5O3/c29-17-19-5-1-2-6-22(19)27-12-10-26(11-13-27)20-7-8-23(28(30)31)21(14-20)25-16-18-4-3-9-24-15-18/h1-9,14-15,17,25H,10-13,16H2. The SMILES string of the molecule is O=Cc1ccccc1N1CCN(c2ccc([N+](=O)[O-])c(NCc3cccnc3)c2)CC1. The second-order valence-electron chi connectivity index (χ2n) is 7.32. The first-order chi connectivity index (χ1) is 15.2. The molecule has 1 aliphatic rings. The van der Waals surface area contributed by atoms with Crippen molar-refractivity contribution in [1.82, 2.24) is 4.98 Å². The topological polar surface area (TPSA) is 91.6 Å². The lowest BCUT2D eigenvalue weighted by atomic mass is 10.1. The van der Waals surface area contributed by atoms with E-state index in [1.54, 1.807) is 24.5 Å². The molecule has 4 rings (SSSR count). The first-order valence-corrected chi connectivity index (χ1v) is 10.1. The van der Waals surface area contributed by atoms with Crippen LogP contribution in [0, 0.1) is 10.1 Å². The molecule has 1 N–H and O–H groups in total. The van der Waals surface area contributed by atoms with Gasteiger partial charge in [0.2, 0.25) is 0 Å². The minimum atomic E-state index is -0.371. The third-order valence-electron chi connectivity index (χ3n) is 5.43. The van der Waals surface area contributed by atoms with Gasteiger partial charge in [0.1, 0.15) is 5.69 Å². The largest absolute Gasteiger partial charge is 0.375 e. The molecule has 0 spiro atoms. The maximum absolute atomic E-state index is 11.5. The van der Waals surface area contributed by atoms with Crippen LogP contribution in [-0.4, -0.2) is 42.4 Å². The molecule has 31 heavy (non-hydrogen) atoms. The maximum Gasteiger partial charge on any atom is 0.292 e. The van der Waals surface area contributed by atoms with Crippen LogP contribution in [0.4, 0.5) is 22.7 Å². The average Bonchev–Trinajstić information content (AvgIpc) is 2.83. The van der Waals surface area contributed by atoms with Gasteiger partial charge >= 0.3 is 0 Å². The fraction of sp³-hybridized carbons (Fsp3) is 0.217. The van der Waals surface area contributed by atoms with E-state index in [1.165, 1.54) is 0 Å². The van der Waals surface area contributed by atoms with E-state index in [2.05, 4.69) is 20.1 Å². The number of carbonyl (C=O) groups excluding carboxylic acids is 1. The number of pyridine rings is 1. The molecule has 158 valence electrons. The number of aromatic nitrogens is 1. The Kier molecular flexibility index (Phi) is 6.07. The van der Waals surface area contributed by atoms with Crippen molar-refractivity contribution in [3.05, 3.63) is 88.2 Å². The number of nitro groups is 1. The molecule has 8 nitrogen and oxygen atoms in total.